The quantitative estimate of drug-likeness (QED) is 0.458. The number of hydrogen-bond acceptors (Lipinski definition) is 4. The van der Waals surface area contributed by atoms with Crippen LogP contribution in [0.2, 0.25) is 0 Å². The molecule has 122 valence electrons. The summed E-state index contributed by atoms with van der Waals surface area (Å²) < 4.78 is 3.12. The van der Waals surface area contributed by atoms with E-state index >= 15 is 0 Å². The lowest BCUT2D eigenvalue weighted by Crippen LogP contribution is -2.14. The lowest BCUT2D eigenvalue weighted by molar-refractivity contribution is 0.443. The van der Waals surface area contributed by atoms with Crippen molar-refractivity contribution in [3.05, 3.63) is 38.8 Å². The summed E-state index contributed by atoms with van der Waals surface area (Å²) in [4.78, 5) is 6.71. The van der Waals surface area contributed by atoms with Gasteiger partial charge in [-0.15, -0.1) is 29.3 Å². The second-order valence-corrected chi connectivity index (χ2v) is 8.91. The summed E-state index contributed by atoms with van der Waals surface area (Å²) in [5, 5.41) is 6.93. The van der Waals surface area contributed by atoms with Crippen molar-refractivity contribution >= 4 is 44.8 Å². The Labute approximate surface area is 153 Å². The van der Waals surface area contributed by atoms with E-state index in [0.717, 1.165) is 14.3 Å². The molecule has 0 unspecified atom stereocenters. The maximum atomic E-state index is 4.79. The Balaban J connectivity index is 1.95. The Kier molecular flexibility index (Phi) is 6.02. The monoisotopic (exact) mass is 409 g/mol. The molecule has 2 aromatic heterocycles. The molecule has 3 rings (SSSR count). The Morgan fingerprint density at radius 3 is 2.83 bits per heavy atom. The predicted octanol–water partition coefficient (Wildman–Crippen LogP) is 5.54. The fourth-order valence-corrected chi connectivity index (χ4v) is 5.03. The van der Waals surface area contributed by atoms with Crippen LogP contribution in [0.15, 0.2) is 44.0 Å². The van der Waals surface area contributed by atoms with Gasteiger partial charge in [0.1, 0.15) is 0 Å². The molecule has 1 fully saturated rings. The molecule has 0 atom stereocenters. The highest BCUT2D eigenvalue weighted by Gasteiger charge is 2.13. The minimum atomic E-state index is 0.603. The van der Waals surface area contributed by atoms with Crippen molar-refractivity contribution in [2.24, 2.45) is 16.0 Å². The first kappa shape index (κ1) is 16.9. The summed E-state index contributed by atoms with van der Waals surface area (Å²) in [5.74, 6) is 0.603. The van der Waals surface area contributed by atoms with Gasteiger partial charge in [0, 0.05) is 11.6 Å². The van der Waals surface area contributed by atoms with Gasteiger partial charge in [-0.2, -0.15) is 5.10 Å². The van der Waals surface area contributed by atoms with Crippen molar-refractivity contribution in [3.63, 3.8) is 0 Å². The van der Waals surface area contributed by atoms with Crippen LogP contribution in [0.1, 0.15) is 32.1 Å². The number of aromatic nitrogens is 1. The summed E-state index contributed by atoms with van der Waals surface area (Å²) >= 11 is 6.90. The molecule has 0 amide bonds. The second-order valence-electron chi connectivity index (χ2n) is 5.61. The Bertz CT molecular complexity index is 748. The molecule has 2 aromatic rings. The molecule has 3 nitrogen and oxygen atoms in total. The number of nitrogens with zero attached hydrogens (tertiary/aromatic N) is 3. The van der Waals surface area contributed by atoms with E-state index in [2.05, 4.69) is 51.2 Å². The van der Waals surface area contributed by atoms with Gasteiger partial charge in [0.2, 0.25) is 4.80 Å². The fraction of sp³-hybridized carbons (Fsp3) is 0.412. The fourth-order valence-electron chi connectivity index (χ4n) is 2.73. The minimum absolute atomic E-state index is 0.603. The molecule has 0 saturated heterocycles. The average molecular weight is 410 g/mol. The van der Waals surface area contributed by atoms with Gasteiger partial charge in [-0.25, -0.2) is 4.68 Å². The van der Waals surface area contributed by atoms with E-state index in [9.17, 15) is 0 Å². The molecular formula is C17H20BrN3S2. The first-order chi connectivity index (χ1) is 11.3. The van der Waals surface area contributed by atoms with Gasteiger partial charge in [-0.1, -0.05) is 25.3 Å². The zero-order valence-electron chi connectivity index (χ0n) is 12.9. The van der Waals surface area contributed by atoms with Crippen LogP contribution in [-0.4, -0.2) is 17.4 Å². The molecule has 1 aliphatic carbocycles. The zero-order valence-corrected chi connectivity index (χ0v) is 16.2. The molecule has 1 saturated carbocycles. The van der Waals surface area contributed by atoms with Crippen LogP contribution in [0.4, 0.5) is 0 Å². The Hall–Kier alpha value is -0.980. The smallest absolute Gasteiger partial charge is 0.206 e. The highest BCUT2D eigenvalue weighted by atomic mass is 79.9. The van der Waals surface area contributed by atoms with Crippen LogP contribution >= 0.6 is 38.6 Å². The molecule has 0 aromatic carbocycles. The zero-order chi connectivity index (χ0) is 16.1. The number of halogens is 1. The maximum absolute atomic E-state index is 4.79. The van der Waals surface area contributed by atoms with Crippen LogP contribution in [-0.2, 0) is 0 Å². The highest BCUT2D eigenvalue weighted by molar-refractivity contribution is 9.11. The van der Waals surface area contributed by atoms with Gasteiger partial charge in [-0.05, 0) is 46.8 Å². The van der Waals surface area contributed by atoms with E-state index in [4.69, 9.17) is 5.10 Å². The van der Waals surface area contributed by atoms with E-state index in [0.29, 0.717) is 12.5 Å². The highest BCUT2D eigenvalue weighted by Crippen LogP contribution is 2.31. The van der Waals surface area contributed by atoms with Gasteiger partial charge >= 0.3 is 0 Å². The second kappa shape index (κ2) is 8.22. The maximum Gasteiger partial charge on any atom is 0.206 e. The van der Waals surface area contributed by atoms with E-state index in [1.807, 2.05) is 10.8 Å². The third kappa shape index (κ3) is 4.31. The molecule has 1 aliphatic rings. The van der Waals surface area contributed by atoms with E-state index in [1.54, 1.807) is 22.7 Å². The lowest BCUT2D eigenvalue weighted by atomic mass is 9.90. The van der Waals surface area contributed by atoms with Gasteiger partial charge in [0.25, 0.3) is 0 Å². The standard InChI is InChI=1S/C17H20BrN3S2/c1-2-10-19-17-21(20-11-13-6-4-3-5-7-13)14(12-22-17)15-8-9-16(18)23-15/h2,8-9,11-13H,1,3-7,10H2/b19-17?,20-11+. The van der Waals surface area contributed by atoms with Crippen molar-refractivity contribution in [3.8, 4) is 10.6 Å². The van der Waals surface area contributed by atoms with Crippen molar-refractivity contribution in [1.82, 2.24) is 4.68 Å². The van der Waals surface area contributed by atoms with E-state index in [1.165, 1.54) is 37.0 Å². The van der Waals surface area contributed by atoms with Crippen LogP contribution in [0, 0.1) is 5.92 Å². The summed E-state index contributed by atoms with van der Waals surface area (Å²) in [6, 6.07) is 4.20. The number of hydrogen-bond donors (Lipinski definition) is 0. The van der Waals surface area contributed by atoms with Crippen molar-refractivity contribution in [1.29, 1.82) is 0 Å². The number of thiophene rings is 1. The van der Waals surface area contributed by atoms with Gasteiger partial charge in [0.05, 0.1) is 20.9 Å². The van der Waals surface area contributed by atoms with E-state index < -0.39 is 0 Å². The molecule has 6 heteroatoms. The number of rotatable bonds is 5. The molecule has 0 N–H and O–H groups in total. The topological polar surface area (TPSA) is 29.6 Å². The first-order valence-electron chi connectivity index (χ1n) is 7.90. The third-order valence-corrected chi connectivity index (χ3v) is 6.41. The lowest BCUT2D eigenvalue weighted by Gasteiger charge is -2.16. The Morgan fingerprint density at radius 1 is 1.30 bits per heavy atom. The molecular weight excluding hydrogens is 390 g/mol. The van der Waals surface area contributed by atoms with Crippen LogP contribution in [0.5, 0.6) is 0 Å². The minimum Gasteiger partial charge on any atom is -0.253 e. The summed E-state index contributed by atoms with van der Waals surface area (Å²) in [5.41, 5.74) is 1.11. The van der Waals surface area contributed by atoms with Crippen molar-refractivity contribution in [2.45, 2.75) is 32.1 Å². The molecule has 0 spiro atoms. The largest absolute Gasteiger partial charge is 0.253 e. The average Bonchev–Trinajstić information content (AvgIpc) is 3.17. The summed E-state index contributed by atoms with van der Waals surface area (Å²) in [6.45, 7) is 4.37. The Morgan fingerprint density at radius 2 is 2.13 bits per heavy atom. The van der Waals surface area contributed by atoms with Gasteiger partial charge in [-0.3, -0.25) is 4.99 Å². The summed E-state index contributed by atoms with van der Waals surface area (Å²) in [6.07, 6.45) is 10.5. The molecule has 23 heavy (non-hydrogen) atoms. The van der Waals surface area contributed by atoms with Crippen molar-refractivity contribution < 1.29 is 0 Å². The predicted molar refractivity (Wildman–Crippen MR) is 104 cm³/mol. The van der Waals surface area contributed by atoms with Gasteiger partial charge < -0.3 is 0 Å². The van der Waals surface area contributed by atoms with Crippen LogP contribution < -0.4 is 4.80 Å². The van der Waals surface area contributed by atoms with Crippen LogP contribution in [0.25, 0.3) is 10.6 Å². The SMILES string of the molecule is C=CCN=c1scc(-c2ccc(Br)s2)n1/N=C/C1CCCCC1. The normalized spacial score (nSPS) is 17.2. The third-order valence-electron chi connectivity index (χ3n) is 3.91. The molecule has 2 heterocycles. The van der Waals surface area contributed by atoms with E-state index in [-0.39, 0.29) is 0 Å². The van der Waals surface area contributed by atoms with Gasteiger partial charge in [0.15, 0.2) is 0 Å². The summed E-state index contributed by atoms with van der Waals surface area (Å²) in [7, 11) is 0. The molecule has 0 radical (unpaired) electrons. The van der Waals surface area contributed by atoms with Crippen molar-refractivity contribution in [2.75, 3.05) is 6.54 Å². The molecule has 0 aliphatic heterocycles. The van der Waals surface area contributed by atoms with Crippen LogP contribution in [0.3, 0.4) is 0 Å². The first-order valence-corrected chi connectivity index (χ1v) is 10.4. The number of thiazole rings is 1. The molecule has 0 bridgehead atoms.